The Hall–Kier alpha value is -1.16. The van der Waals surface area contributed by atoms with Crippen LogP contribution in [-0.4, -0.2) is 47.8 Å². The minimum Gasteiger partial charge on any atom is -0.370 e. The summed E-state index contributed by atoms with van der Waals surface area (Å²) in [5.74, 6) is 0. The Morgan fingerprint density at radius 3 is 2.33 bits per heavy atom. The monoisotopic (exact) mass is 265 g/mol. The van der Waals surface area contributed by atoms with Crippen molar-refractivity contribution in [2.24, 2.45) is 4.99 Å². The number of allylic oxidation sites excluding steroid dienone is 2. The fourth-order valence-electron chi connectivity index (χ4n) is 2.04. The first-order valence-electron chi connectivity index (χ1n) is 6.44. The Balaban J connectivity index is 2.90. The molecule has 0 amide bonds. The van der Waals surface area contributed by atoms with E-state index in [1.165, 1.54) is 19.3 Å². The second-order valence-corrected chi connectivity index (χ2v) is 4.96. The number of hydrogen-bond donors (Lipinski definition) is 0. The zero-order valence-electron chi connectivity index (χ0n) is 11.6. The first-order chi connectivity index (χ1) is 8.60. The molecule has 0 saturated carbocycles. The molecule has 0 aromatic carbocycles. The highest BCUT2D eigenvalue weighted by Gasteiger charge is 2.16. The molecule has 1 aliphatic rings. The third-order valence-corrected chi connectivity index (χ3v) is 3.48. The fraction of sp³-hybridized carbons (Fsp3) is 0.571. The maximum absolute atomic E-state index is 5.23. The molecular weight excluding hydrogens is 242 g/mol. The molecule has 0 N–H and O–H groups in total. The summed E-state index contributed by atoms with van der Waals surface area (Å²) >= 11 is 5.23. The molecule has 1 aliphatic heterocycles. The first-order valence-corrected chi connectivity index (χ1v) is 6.85. The fourth-order valence-corrected chi connectivity index (χ4v) is 2.14. The normalized spacial score (nSPS) is 17.6. The van der Waals surface area contributed by atoms with Crippen LogP contribution in [0.1, 0.15) is 26.2 Å². The zero-order chi connectivity index (χ0) is 13.5. The van der Waals surface area contributed by atoms with Crippen LogP contribution in [0.25, 0.3) is 0 Å². The summed E-state index contributed by atoms with van der Waals surface area (Å²) in [6.45, 7) is 8.10. The predicted molar refractivity (Wildman–Crippen MR) is 83.1 cm³/mol. The highest BCUT2D eigenvalue weighted by Crippen LogP contribution is 2.16. The Labute approximate surface area is 116 Å². The van der Waals surface area contributed by atoms with Crippen LogP contribution in [-0.2, 0) is 0 Å². The molecule has 3 nitrogen and oxygen atoms in total. The predicted octanol–water partition coefficient (Wildman–Crippen LogP) is 2.85. The topological polar surface area (TPSA) is 18.8 Å². The largest absolute Gasteiger partial charge is 0.370 e. The number of aliphatic imine (C=N–C) groups is 1. The molecule has 0 aromatic rings. The van der Waals surface area contributed by atoms with E-state index in [1.54, 1.807) is 6.08 Å². The van der Waals surface area contributed by atoms with Crippen molar-refractivity contribution in [3.63, 3.8) is 0 Å². The van der Waals surface area contributed by atoms with Crippen molar-refractivity contribution in [1.29, 1.82) is 0 Å². The van der Waals surface area contributed by atoms with Gasteiger partial charge in [0.25, 0.3) is 0 Å². The van der Waals surface area contributed by atoms with Crippen LogP contribution in [0, 0.1) is 0 Å². The van der Waals surface area contributed by atoms with Crippen LogP contribution < -0.4 is 0 Å². The second kappa shape index (κ2) is 7.31. The SMILES string of the molecule is C=CC(=NC(=S)N(C)C)/C(=C\C)N1CCCCC1. The summed E-state index contributed by atoms with van der Waals surface area (Å²) in [6.07, 6.45) is 7.72. The van der Waals surface area contributed by atoms with Crippen LogP contribution in [0.15, 0.2) is 29.4 Å². The molecule has 0 aromatic heterocycles. The van der Waals surface area contributed by atoms with Gasteiger partial charge in [-0.15, -0.1) is 0 Å². The molecule has 0 radical (unpaired) electrons. The quantitative estimate of drug-likeness (QED) is 0.577. The first kappa shape index (κ1) is 14.9. The van der Waals surface area contributed by atoms with Crippen LogP contribution in [0.5, 0.6) is 0 Å². The van der Waals surface area contributed by atoms with Crippen LogP contribution in [0.2, 0.25) is 0 Å². The number of likely N-dealkylation sites (tertiary alicyclic amines) is 1. The average molecular weight is 265 g/mol. The van der Waals surface area contributed by atoms with Crippen LogP contribution >= 0.6 is 12.2 Å². The molecule has 4 heteroatoms. The van der Waals surface area contributed by atoms with Crippen molar-refractivity contribution in [3.8, 4) is 0 Å². The lowest BCUT2D eigenvalue weighted by atomic mass is 10.1. The summed E-state index contributed by atoms with van der Waals surface area (Å²) in [6, 6.07) is 0. The zero-order valence-corrected chi connectivity index (χ0v) is 12.5. The number of hydrogen-bond acceptors (Lipinski definition) is 2. The average Bonchev–Trinajstić information content (AvgIpc) is 2.39. The smallest absolute Gasteiger partial charge is 0.195 e. The summed E-state index contributed by atoms with van der Waals surface area (Å²) in [5.41, 5.74) is 2.02. The maximum Gasteiger partial charge on any atom is 0.195 e. The van der Waals surface area contributed by atoms with Gasteiger partial charge < -0.3 is 9.80 Å². The molecule has 0 spiro atoms. The molecule has 1 rings (SSSR count). The highest BCUT2D eigenvalue weighted by atomic mass is 32.1. The van der Waals surface area contributed by atoms with Gasteiger partial charge in [-0.1, -0.05) is 12.7 Å². The minimum absolute atomic E-state index is 0.584. The van der Waals surface area contributed by atoms with Gasteiger partial charge in [0.2, 0.25) is 0 Å². The van der Waals surface area contributed by atoms with E-state index in [1.807, 2.05) is 25.9 Å². The Kier molecular flexibility index (Phi) is 6.05. The molecule has 1 fully saturated rings. The van der Waals surface area contributed by atoms with Gasteiger partial charge in [0, 0.05) is 27.2 Å². The van der Waals surface area contributed by atoms with Crippen molar-refractivity contribution < 1.29 is 0 Å². The molecule has 1 saturated heterocycles. The summed E-state index contributed by atoms with van der Waals surface area (Å²) < 4.78 is 0. The molecule has 0 unspecified atom stereocenters. The Bertz CT molecular complexity index is 363. The third-order valence-electron chi connectivity index (χ3n) is 3.02. The molecule has 0 atom stereocenters. The van der Waals surface area contributed by atoms with Crippen LogP contribution in [0.4, 0.5) is 0 Å². The van der Waals surface area contributed by atoms with E-state index in [2.05, 4.69) is 22.5 Å². The third kappa shape index (κ3) is 3.95. The van der Waals surface area contributed by atoms with E-state index in [-0.39, 0.29) is 0 Å². The number of thiocarbonyl (C=S) groups is 1. The van der Waals surface area contributed by atoms with Gasteiger partial charge in [0.1, 0.15) is 0 Å². The lowest BCUT2D eigenvalue weighted by molar-refractivity contribution is 0.297. The van der Waals surface area contributed by atoms with Gasteiger partial charge in [0.05, 0.1) is 11.4 Å². The lowest BCUT2D eigenvalue weighted by Gasteiger charge is -2.31. The van der Waals surface area contributed by atoms with Gasteiger partial charge >= 0.3 is 0 Å². The van der Waals surface area contributed by atoms with E-state index in [4.69, 9.17) is 12.2 Å². The summed E-state index contributed by atoms with van der Waals surface area (Å²) in [5, 5.41) is 0.584. The van der Waals surface area contributed by atoms with E-state index >= 15 is 0 Å². The lowest BCUT2D eigenvalue weighted by Crippen LogP contribution is -2.32. The van der Waals surface area contributed by atoms with E-state index in [0.717, 1.165) is 24.5 Å². The number of rotatable bonds is 3. The van der Waals surface area contributed by atoms with Crippen molar-refractivity contribution >= 4 is 23.0 Å². The van der Waals surface area contributed by atoms with E-state index in [9.17, 15) is 0 Å². The Morgan fingerprint density at radius 1 is 1.28 bits per heavy atom. The number of nitrogens with zero attached hydrogens (tertiary/aromatic N) is 3. The van der Waals surface area contributed by atoms with Crippen LogP contribution in [0.3, 0.4) is 0 Å². The highest BCUT2D eigenvalue weighted by molar-refractivity contribution is 7.80. The summed E-state index contributed by atoms with van der Waals surface area (Å²) in [7, 11) is 3.81. The molecular formula is C14H23N3S. The van der Waals surface area contributed by atoms with Crippen molar-refractivity contribution in [2.75, 3.05) is 27.2 Å². The number of piperidine rings is 1. The molecule has 18 heavy (non-hydrogen) atoms. The van der Waals surface area contributed by atoms with Crippen molar-refractivity contribution in [3.05, 3.63) is 24.4 Å². The van der Waals surface area contributed by atoms with Gasteiger partial charge in [-0.3, -0.25) is 0 Å². The molecule has 1 heterocycles. The standard InChI is InChI=1S/C14H23N3S/c1-5-12(15-14(18)16(3)4)13(6-2)17-10-8-7-9-11-17/h5-6H,1,7-11H2,2-4H3/b13-6+,15-12?. The van der Waals surface area contributed by atoms with Crippen molar-refractivity contribution in [2.45, 2.75) is 26.2 Å². The maximum atomic E-state index is 5.23. The molecule has 0 aliphatic carbocycles. The van der Waals surface area contributed by atoms with Crippen molar-refractivity contribution in [1.82, 2.24) is 9.80 Å². The van der Waals surface area contributed by atoms with Gasteiger partial charge in [-0.05, 0) is 44.5 Å². The minimum atomic E-state index is 0.584. The Morgan fingerprint density at radius 2 is 1.89 bits per heavy atom. The van der Waals surface area contributed by atoms with E-state index in [0.29, 0.717) is 5.11 Å². The second-order valence-electron chi connectivity index (χ2n) is 4.60. The summed E-state index contributed by atoms with van der Waals surface area (Å²) in [4.78, 5) is 8.70. The molecule has 100 valence electrons. The van der Waals surface area contributed by atoms with Gasteiger partial charge in [-0.25, -0.2) is 4.99 Å². The molecule has 0 bridgehead atoms. The van der Waals surface area contributed by atoms with E-state index < -0.39 is 0 Å². The van der Waals surface area contributed by atoms with Gasteiger partial charge in [-0.2, -0.15) is 0 Å². The van der Waals surface area contributed by atoms with Gasteiger partial charge in [0.15, 0.2) is 5.11 Å².